The van der Waals surface area contributed by atoms with Gasteiger partial charge in [-0.25, -0.2) is 4.79 Å². The van der Waals surface area contributed by atoms with Gasteiger partial charge in [0.05, 0.1) is 13.7 Å². The van der Waals surface area contributed by atoms with Gasteiger partial charge in [-0.1, -0.05) is 30.3 Å². The third-order valence-corrected chi connectivity index (χ3v) is 4.20. The van der Waals surface area contributed by atoms with E-state index in [1.54, 1.807) is 13.8 Å². The number of ether oxygens (including phenoxy) is 5. The second-order valence-corrected chi connectivity index (χ2v) is 6.61. The van der Waals surface area contributed by atoms with Gasteiger partial charge in [0, 0.05) is 20.8 Å². The van der Waals surface area contributed by atoms with Crippen molar-refractivity contribution in [1.29, 1.82) is 0 Å². The molecule has 8 nitrogen and oxygen atoms in total. The number of rotatable bonds is 8. The molecule has 0 radical (unpaired) electrons. The first-order valence-corrected chi connectivity index (χ1v) is 8.63. The Labute approximate surface area is 159 Å². The fraction of sp³-hybridized carbons (Fsp3) is 0.579. The molecule has 0 N–H and O–H groups in total. The molecule has 1 aromatic rings. The number of hydrogen-bond donors (Lipinski definition) is 0. The molecule has 2 rings (SSSR count). The molecule has 0 unspecified atom stereocenters. The summed E-state index contributed by atoms with van der Waals surface area (Å²) >= 11 is 0. The van der Waals surface area contributed by atoms with Crippen LogP contribution < -0.4 is 0 Å². The molecule has 1 aliphatic rings. The number of methoxy groups -OCH3 is 3. The topological polar surface area (TPSA) is 83.5 Å². The monoisotopic (exact) mass is 381 g/mol. The average Bonchev–Trinajstić information content (AvgIpc) is 3.00. The van der Waals surface area contributed by atoms with Gasteiger partial charge >= 0.3 is 5.97 Å². The van der Waals surface area contributed by atoms with E-state index in [1.807, 2.05) is 30.3 Å². The van der Waals surface area contributed by atoms with E-state index in [0.29, 0.717) is 6.54 Å². The Morgan fingerprint density at radius 3 is 2.22 bits per heavy atom. The summed E-state index contributed by atoms with van der Waals surface area (Å²) in [6, 6.07) is 9.48. The molecule has 1 aliphatic heterocycles. The summed E-state index contributed by atoms with van der Waals surface area (Å²) < 4.78 is 26.5. The maximum absolute atomic E-state index is 13.2. The first-order chi connectivity index (χ1) is 12.8. The van der Waals surface area contributed by atoms with Crippen molar-refractivity contribution in [2.75, 3.05) is 27.9 Å². The lowest BCUT2D eigenvalue weighted by Crippen LogP contribution is -2.48. The fourth-order valence-electron chi connectivity index (χ4n) is 2.87. The van der Waals surface area contributed by atoms with Crippen molar-refractivity contribution < 1.29 is 33.3 Å². The van der Waals surface area contributed by atoms with Crippen LogP contribution in [0, 0.1) is 0 Å². The summed E-state index contributed by atoms with van der Waals surface area (Å²) in [5.41, 5.74) is 0.921. The van der Waals surface area contributed by atoms with Crippen LogP contribution in [-0.4, -0.2) is 68.9 Å². The van der Waals surface area contributed by atoms with Gasteiger partial charge in [0.2, 0.25) is 0 Å². The minimum absolute atomic E-state index is 0.162. The highest BCUT2D eigenvalue weighted by molar-refractivity contribution is 5.89. The molecule has 1 fully saturated rings. The Kier molecular flexibility index (Phi) is 7.32. The first-order valence-electron chi connectivity index (χ1n) is 8.63. The van der Waals surface area contributed by atoms with Gasteiger partial charge in [-0.15, -0.1) is 0 Å². The summed E-state index contributed by atoms with van der Waals surface area (Å²) in [5, 5.41) is 0. The summed E-state index contributed by atoms with van der Waals surface area (Å²) in [5.74, 6) is -2.15. The van der Waals surface area contributed by atoms with Crippen molar-refractivity contribution in [2.45, 2.75) is 44.7 Å². The van der Waals surface area contributed by atoms with Crippen molar-refractivity contribution in [3.63, 3.8) is 0 Å². The smallest absolute Gasteiger partial charge is 0.338 e. The molecule has 0 saturated carbocycles. The zero-order chi connectivity index (χ0) is 20.0. The van der Waals surface area contributed by atoms with Crippen molar-refractivity contribution in [2.24, 2.45) is 0 Å². The van der Waals surface area contributed by atoms with E-state index in [1.165, 1.54) is 26.2 Å². The Bertz CT molecular complexity index is 630. The predicted octanol–water partition coefficient (Wildman–Crippen LogP) is 1.33. The normalized spacial score (nSPS) is 21.3. The lowest BCUT2D eigenvalue weighted by atomic mass is 10.1. The van der Waals surface area contributed by atoms with E-state index >= 15 is 0 Å². The van der Waals surface area contributed by atoms with Crippen LogP contribution >= 0.6 is 0 Å². The lowest BCUT2D eigenvalue weighted by molar-refractivity contribution is -0.171. The number of hydrogen-bond acceptors (Lipinski definition) is 7. The molecule has 1 amide bonds. The summed E-state index contributed by atoms with van der Waals surface area (Å²) in [7, 11) is 4.23. The first kappa shape index (κ1) is 21.3. The second kappa shape index (κ2) is 9.27. The molecule has 27 heavy (non-hydrogen) atoms. The summed E-state index contributed by atoms with van der Waals surface area (Å²) in [6.45, 7) is 3.75. The molecule has 8 heteroatoms. The van der Waals surface area contributed by atoms with E-state index in [2.05, 4.69) is 0 Å². The molecular weight excluding hydrogens is 354 g/mol. The standard InChI is InChI=1S/C19H27NO7/c1-19(2)26-15(16(27-19)18(22)25-5)17(21)20(12-14(23-3)24-4)11-13-9-7-6-8-10-13/h6-10,14-16H,11-12H2,1-5H3/t15-,16-/m1/s1. The zero-order valence-electron chi connectivity index (χ0n) is 16.3. The number of nitrogens with zero attached hydrogens (tertiary/aromatic N) is 1. The lowest BCUT2D eigenvalue weighted by Gasteiger charge is -2.29. The molecule has 2 atom stereocenters. The van der Waals surface area contributed by atoms with Crippen LogP contribution in [0.2, 0.25) is 0 Å². The maximum Gasteiger partial charge on any atom is 0.338 e. The molecule has 0 bridgehead atoms. The Morgan fingerprint density at radius 1 is 1.07 bits per heavy atom. The molecule has 150 valence electrons. The highest BCUT2D eigenvalue weighted by Crippen LogP contribution is 2.30. The molecule has 0 aromatic heterocycles. The fourth-order valence-corrected chi connectivity index (χ4v) is 2.87. The number of esters is 1. The molecule has 1 saturated heterocycles. The van der Waals surface area contributed by atoms with E-state index < -0.39 is 36.2 Å². The van der Waals surface area contributed by atoms with Crippen LogP contribution in [0.4, 0.5) is 0 Å². The van der Waals surface area contributed by atoms with Gasteiger partial charge in [-0.05, 0) is 19.4 Å². The second-order valence-electron chi connectivity index (χ2n) is 6.61. The van der Waals surface area contributed by atoms with Gasteiger partial charge in [0.1, 0.15) is 0 Å². The number of amides is 1. The molecule has 1 aromatic carbocycles. The minimum atomic E-state index is -1.14. The maximum atomic E-state index is 13.2. The number of carbonyl (C=O) groups is 2. The van der Waals surface area contributed by atoms with Gasteiger partial charge < -0.3 is 28.6 Å². The van der Waals surface area contributed by atoms with Gasteiger partial charge in [0.15, 0.2) is 24.3 Å². The van der Waals surface area contributed by atoms with Gasteiger partial charge in [-0.3, -0.25) is 4.79 Å². The van der Waals surface area contributed by atoms with Crippen molar-refractivity contribution >= 4 is 11.9 Å². The summed E-state index contributed by atoms with van der Waals surface area (Å²) in [4.78, 5) is 26.8. The largest absolute Gasteiger partial charge is 0.467 e. The van der Waals surface area contributed by atoms with E-state index in [9.17, 15) is 9.59 Å². The van der Waals surface area contributed by atoms with Crippen LogP contribution in [-0.2, 0) is 39.8 Å². The zero-order valence-corrected chi connectivity index (χ0v) is 16.3. The van der Waals surface area contributed by atoms with Gasteiger partial charge in [-0.2, -0.15) is 0 Å². The van der Waals surface area contributed by atoms with E-state index in [4.69, 9.17) is 23.7 Å². The minimum Gasteiger partial charge on any atom is -0.467 e. The average molecular weight is 381 g/mol. The Balaban J connectivity index is 2.26. The highest BCUT2D eigenvalue weighted by atomic mass is 16.8. The molecule has 0 aliphatic carbocycles. The Morgan fingerprint density at radius 2 is 1.67 bits per heavy atom. The van der Waals surface area contributed by atoms with Crippen LogP contribution in [0.3, 0.4) is 0 Å². The third-order valence-electron chi connectivity index (χ3n) is 4.20. The van der Waals surface area contributed by atoms with Crippen molar-refractivity contribution in [3.8, 4) is 0 Å². The third kappa shape index (κ3) is 5.49. The summed E-state index contributed by atoms with van der Waals surface area (Å²) in [6.07, 6.45) is -2.88. The van der Waals surface area contributed by atoms with E-state index in [-0.39, 0.29) is 6.54 Å². The number of benzene rings is 1. The van der Waals surface area contributed by atoms with Crippen LogP contribution in [0.1, 0.15) is 19.4 Å². The van der Waals surface area contributed by atoms with Crippen molar-refractivity contribution in [3.05, 3.63) is 35.9 Å². The van der Waals surface area contributed by atoms with E-state index in [0.717, 1.165) is 5.56 Å². The van der Waals surface area contributed by atoms with Crippen LogP contribution in [0.15, 0.2) is 30.3 Å². The Hall–Kier alpha value is -2.00. The molecular formula is C19H27NO7. The number of carbonyl (C=O) groups excluding carboxylic acids is 2. The van der Waals surface area contributed by atoms with Crippen molar-refractivity contribution in [1.82, 2.24) is 4.90 Å². The van der Waals surface area contributed by atoms with Gasteiger partial charge in [0.25, 0.3) is 5.91 Å². The van der Waals surface area contributed by atoms with Crippen LogP contribution in [0.25, 0.3) is 0 Å². The molecule has 0 spiro atoms. The molecule has 1 heterocycles. The van der Waals surface area contributed by atoms with Crippen LogP contribution in [0.5, 0.6) is 0 Å². The highest BCUT2D eigenvalue weighted by Gasteiger charge is 2.50. The quantitative estimate of drug-likeness (QED) is 0.496. The predicted molar refractivity (Wildman–Crippen MR) is 95.5 cm³/mol. The SMILES string of the molecule is COC(=O)[C@@H]1OC(C)(C)O[C@H]1C(=O)N(Cc1ccccc1)CC(OC)OC.